The summed E-state index contributed by atoms with van der Waals surface area (Å²) in [5.41, 5.74) is 26.6. The van der Waals surface area contributed by atoms with Gasteiger partial charge in [-0.25, -0.2) is 0 Å². The zero-order valence-electron chi connectivity index (χ0n) is 47.1. The summed E-state index contributed by atoms with van der Waals surface area (Å²) in [6.07, 6.45) is 24.6. The fraction of sp³-hybridized carbons (Fsp3) is 0.0361. The smallest absolute Gasteiger partial charge is 0.0541 e. The van der Waals surface area contributed by atoms with Crippen LogP contribution in [-0.4, -0.2) is 4.57 Å². The summed E-state index contributed by atoms with van der Waals surface area (Å²) in [5, 5.41) is 2.29. The van der Waals surface area contributed by atoms with Crippen molar-refractivity contribution in [3.8, 4) is 133 Å². The predicted octanol–water partition coefficient (Wildman–Crippen LogP) is 20.5. The quantitative estimate of drug-likeness (QED) is 0.124. The predicted molar refractivity (Wildman–Crippen MR) is 357 cm³/mol. The Morgan fingerprint density at radius 3 is 1.33 bits per heavy atom. The van der Waals surface area contributed by atoms with Crippen molar-refractivity contribution in [1.29, 1.82) is 0 Å². The van der Waals surface area contributed by atoms with Crippen molar-refractivity contribution in [1.82, 2.24) is 4.57 Å². The van der Waals surface area contributed by atoms with Crippen molar-refractivity contribution < 1.29 is 0 Å². The molecule has 1 aliphatic rings. The second-order valence-electron chi connectivity index (χ2n) is 22.2. The van der Waals surface area contributed by atoms with Gasteiger partial charge in [0.25, 0.3) is 0 Å². The van der Waals surface area contributed by atoms with E-state index in [4.69, 9.17) is 25.7 Å². The molecule has 0 atom stereocenters. The van der Waals surface area contributed by atoms with Gasteiger partial charge in [-0.15, -0.1) is 25.7 Å². The Kier molecular flexibility index (Phi) is 12.8. The number of para-hydroxylation sites is 1. The highest BCUT2D eigenvalue weighted by Gasteiger charge is 2.36. The summed E-state index contributed by atoms with van der Waals surface area (Å²) in [6.45, 7) is 4.69. The van der Waals surface area contributed by atoms with Crippen molar-refractivity contribution >= 4 is 38.9 Å². The number of rotatable bonds is 10. The normalized spacial score (nSPS) is 11.9. The van der Waals surface area contributed by atoms with Gasteiger partial charge in [-0.05, 0) is 180 Å². The van der Waals surface area contributed by atoms with Gasteiger partial charge in [0.1, 0.15) is 0 Å². The minimum Gasteiger partial charge on any atom is -0.310 e. The molecule has 0 fully saturated rings. The fourth-order valence-electron chi connectivity index (χ4n) is 13.0. The van der Waals surface area contributed by atoms with Gasteiger partial charge >= 0.3 is 0 Å². The highest BCUT2D eigenvalue weighted by Crippen LogP contribution is 2.51. The van der Waals surface area contributed by atoms with Gasteiger partial charge < -0.3 is 9.47 Å². The number of aromatic nitrogens is 1. The van der Waals surface area contributed by atoms with Gasteiger partial charge in [0, 0.05) is 61.2 Å². The van der Waals surface area contributed by atoms with Crippen LogP contribution in [0.25, 0.3) is 105 Å². The fourth-order valence-corrected chi connectivity index (χ4v) is 13.0. The van der Waals surface area contributed by atoms with E-state index in [1.165, 1.54) is 33.4 Å². The molecule has 0 saturated heterocycles. The molecule has 85 heavy (non-hydrogen) atoms. The number of hydrogen-bond acceptors (Lipinski definition) is 1. The molecule has 0 unspecified atom stereocenters. The molecule has 12 aromatic carbocycles. The van der Waals surface area contributed by atoms with Gasteiger partial charge in [-0.2, -0.15) is 0 Å². The first kappa shape index (κ1) is 51.6. The second kappa shape index (κ2) is 21.1. The van der Waals surface area contributed by atoms with E-state index in [-0.39, 0.29) is 5.41 Å². The van der Waals surface area contributed by atoms with E-state index < -0.39 is 0 Å². The largest absolute Gasteiger partial charge is 0.310 e. The topological polar surface area (TPSA) is 8.17 Å². The van der Waals surface area contributed by atoms with Gasteiger partial charge in [-0.1, -0.05) is 213 Å². The van der Waals surface area contributed by atoms with Gasteiger partial charge in [0.2, 0.25) is 0 Å². The highest BCUT2D eigenvalue weighted by molar-refractivity contribution is 6.12. The molecule has 13 aromatic rings. The second-order valence-corrected chi connectivity index (χ2v) is 22.2. The van der Waals surface area contributed by atoms with Crippen LogP contribution in [0, 0.1) is 49.4 Å². The van der Waals surface area contributed by atoms with Crippen LogP contribution < -0.4 is 4.90 Å². The third kappa shape index (κ3) is 8.78. The summed E-state index contributed by atoms with van der Waals surface area (Å²) < 4.78 is 2.37. The van der Waals surface area contributed by atoms with E-state index in [0.29, 0.717) is 22.3 Å². The average molecular weight is 1080 g/mol. The molecule has 2 nitrogen and oxygen atoms in total. The van der Waals surface area contributed by atoms with Crippen molar-refractivity contribution in [2.24, 2.45) is 0 Å². The maximum atomic E-state index is 6.26. The summed E-state index contributed by atoms with van der Waals surface area (Å²) in [5.74, 6) is 11.5. The molecule has 0 saturated carbocycles. The standard InChI is InChI=1S/C83H54N2/c1-7-55-25-20-32-70(68(55)9-3)74-34-22-35-75(71-33-21-26-56(8-2)69(71)10-4)82(74)63-28-19-27-60(51-63)62-42-50-81-77(53-62)76-52-61(41-49-80(76)85(81)64-29-15-12-16-30-64)59-39-45-66(46-40-59)84(65-43-37-58(38-44-65)57-23-13-11-14-24-57)67-47-48-73-72-31-17-18-36-78(72)83(5,6)79(73)54-67/h1-4,11-54H,5-6H3. The van der Waals surface area contributed by atoms with Crippen LogP contribution in [0.3, 0.4) is 0 Å². The van der Waals surface area contributed by atoms with Crippen LogP contribution in [-0.2, 0) is 5.41 Å². The van der Waals surface area contributed by atoms with Crippen LogP contribution >= 0.6 is 0 Å². The Bertz CT molecular complexity index is 4890. The number of fused-ring (bicyclic) bond motifs is 6. The Morgan fingerprint density at radius 2 is 0.741 bits per heavy atom. The average Bonchev–Trinajstić information content (AvgIpc) is 1.85. The molecule has 1 aliphatic carbocycles. The first-order chi connectivity index (χ1) is 41.7. The summed E-state index contributed by atoms with van der Waals surface area (Å²) >= 11 is 0. The molecule has 2 heteroatoms. The molecule has 0 N–H and O–H groups in total. The molecule has 0 radical (unpaired) electrons. The summed E-state index contributed by atoms with van der Waals surface area (Å²) in [7, 11) is 0. The van der Waals surface area contributed by atoms with Gasteiger partial charge in [0.15, 0.2) is 0 Å². The minimum absolute atomic E-state index is 0.147. The molecule has 396 valence electrons. The lowest BCUT2D eigenvalue weighted by atomic mass is 9.82. The van der Waals surface area contributed by atoms with Crippen LogP contribution in [0.5, 0.6) is 0 Å². The number of terminal acetylenes is 4. The van der Waals surface area contributed by atoms with E-state index in [9.17, 15) is 0 Å². The van der Waals surface area contributed by atoms with E-state index in [1.54, 1.807) is 0 Å². The maximum Gasteiger partial charge on any atom is 0.0541 e. The molecular formula is C83H54N2. The van der Waals surface area contributed by atoms with Gasteiger partial charge in [0.05, 0.1) is 11.0 Å². The van der Waals surface area contributed by atoms with Crippen LogP contribution in [0.15, 0.2) is 267 Å². The van der Waals surface area contributed by atoms with Crippen molar-refractivity contribution in [2.75, 3.05) is 4.90 Å². The number of nitrogens with zero attached hydrogens (tertiary/aromatic N) is 2. The first-order valence-corrected chi connectivity index (χ1v) is 28.6. The van der Waals surface area contributed by atoms with Crippen LogP contribution in [0.1, 0.15) is 47.2 Å². The SMILES string of the molecule is C#Cc1cccc(-c2cccc(-c3cccc(C#C)c3C#C)c2-c2cccc(-c3ccc4c(c3)c3cc(-c5ccc(N(c6ccc(-c7ccccc7)cc6)c6ccc7c(c6)C(C)(C)c6ccccc6-7)cc5)ccc3n4-c3ccccc3)c2)c1C#C. The first-order valence-electron chi connectivity index (χ1n) is 28.6. The minimum atomic E-state index is -0.147. The van der Waals surface area contributed by atoms with E-state index in [1.807, 2.05) is 42.5 Å². The lowest BCUT2D eigenvalue weighted by molar-refractivity contribution is 0.660. The zero-order valence-corrected chi connectivity index (χ0v) is 47.1. The molecular weight excluding hydrogens is 1020 g/mol. The lowest BCUT2D eigenvalue weighted by Crippen LogP contribution is -2.16. The van der Waals surface area contributed by atoms with Crippen molar-refractivity contribution in [3.63, 3.8) is 0 Å². The van der Waals surface area contributed by atoms with E-state index in [0.717, 1.165) is 100 Å². The molecule has 1 heterocycles. The molecule has 0 aliphatic heterocycles. The van der Waals surface area contributed by atoms with Crippen LogP contribution in [0.4, 0.5) is 17.1 Å². The highest BCUT2D eigenvalue weighted by atomic mass is 15.1. The Morgan fingerprint density at radius 1 is 0.318 bits per heavy atom. The molecule has 0 spiro atoms. The summed E-state index contributed by atoms with van der Waals surface area (Å²) in [4.78, 5) is 2.39. The van der Waals surface area contributed by atoms with Gasteiger partial charge in [-0.3, -0.25) is 0 Å². The molecule has 0 amide bonds. The Hall–Kier alpha value is -11.5. The van der Waals surface area contributed by atoms with E-state index >= 15 is 0 Å². The third-order valence-electron chi connectivity index (χ3n) is 17.2. The number of benzene rings is 12. The number of hydrogen-bond donors (Lipinski definition) is 0. The monoisotopic (exact) mass is 1080 g/mol. The third-order valence-corrected chi connectivity index (χ3v) is 17.2. The lowest BCUT2D eigenvalue weighted by Gasteiger charge is -2.28. The van der Waals surface area contributed by atoms with E-state index in [2.05, 4.69) is 271 Å². The zero-order chi connectivity index (χ0) is 57.8. The summed E-state index contributed by atoms with van der Waals surface area (Å²) in [6, 6.07) is 95.5. The van der Waals surface area contributed by atoms with Crippen molar-refractivity contribution in [2.45, 2.75) is 19.3 Å². The molecule has 14 rings (SSSR count). The molecule has 1 aromatic heterocycles. The Labute approximate surface area is 498 Å². The van der Waals surface area contributed by atoms with Crippen LogP contribution in [0.2, 0.25) is 0 Å². The Balaban J connectivity index is 0.888. The number of anilines is 3. The molecule has 0 bridgehead atoms. The maximum absolute atomic E-state index is 6.26. The van der Waals surface area contributed by atoms with Crippen molar-refractivity contribution in [3.05, 3.63) is 300 Å².